The van der Waals surface area contributed by atoms with Crippen LogP contribution >= 0.6 is 35.3 Å². The summed E-state index contributed by atoms with van der Waals surface area (Å²) in [6.07, 6.45) is 0. The first kappa shape index (κ1) is 20.5. The Morgan fingerprint density at radius 2 is 1.93 bits per heavy atom. The van der Waals surface area contributed by atoms with Crippen LogP contribution in [-0.2, 0) is 4.79 Å². The quantitative estimate of drug-likeness (QED) is 0.256. The molecule has 0 saturated carbocycles. The van der Waals surface area contributed by atoms with Crippen LogP contribution in [0.1, 0.15) is 11.1 Å². The average molecular weight is 455 g/mol. The van der Waals surface area contributed by atoms with Gasteiger partial charge in [-0.3, -0.25) is 14.2 Å². The highest BCUT2D eigenvalue weighted by atomic mass is 32.2. The minimum Gasteiger partial charge on any atom is -0.325 e. The number of hydrogen-bond acceptors (Lipinski definition) is 6. The molecule has 0 aliphatic rings. The number of carbonyl (C=O) groups is 1. The van der Waals surface area contributed by atoms with Crippen LogP contribution < -0.4 is 10.9 Å². The number of fused-ring (bicyclic) bond motifs is 1. The fourth-order valence-corrected chi connectivity index (χ4v) is 4.87. The van der Waals surface area contributed by atoms with Crippen LogP contribution in [0, 0.1) is 17.8 Å². The van der Waals surface area contributed by atoms with Crippen LogP contribution in [0.3, 0.4) is 0 Å². The Kier molecular flexibility index (Phi) is 5.85. The molecule has 2 aromatic heterocycles. The summed E-state index contributed by atoms with van der Waals surface area (Å²) in [7, 11) is 0. The van der Waals surface area contributed by atoms with E-state index in [1.54, 1.807) is 0 Å². The van der Waals surface area contributed by atoms with Gasteiger partial charge >= 0.3 is 0 Å². The van der Waals surface area contributed by atoms with Gasteiger partial charge in [-0.25, -0.2) is 4.98 Å². The molecule has 0 saturated heterocycles. The number of thioether (sulfide) groups is 1. The van der Waals surface area contributed by atoms with Gasteiger partial charge in [0, 0.05) is 5.69 Å². The van der Waals surface area contributed by atoms with Gasteiger partial charge < -0.3 is 10.3 Å². The van der Waals surface area contributed by atoms with Crippen molar-refractivity contribution in [3.05, 3.63) is 74.0 Å². The van der Waals surface area contributed by atoms with Crippen LogP contribution in [-0.4, -0.2) is 26.2 Å². The van der Waals surface area contributed by atoms with Gasteiger partial charge in [0.1, 0.15) is 4.70 Å². The number of nitrogens with one attached hydrogen (secondary N) is 2. The van der Waals surface area contributed by atoms with E-state index in [2.05, 4.69) is 15.3 Å². The lowest BCUT2D eigenvalue weighted by atomic mass is 10.2. The third-order valence-corrected chi connectivity index (χ3v) is 6.69. The molecule has 0 atom stereocenters. The van der Waals surface area contributed by atoms with Crippen LogP contribution in [0.15, 0.2) is 58.5 Å². The zero-order chi connectivity index (χ0) is 21.3. The molecular formula is C21H18N4O2S3. The van der Waals surface area contributed by atoms with Crippen LogP contribution in [0.4, 0.5) is 5.69 Å². The average Bonchev–Trinajstić information content (AvgIpc) is 3.05. The van der Waals surface area contributed by atoms with Gasteiger partial charge in [-0.15, -0.1) is 0 Å². The molecule has 1 amide bonds. The number of aryl methyl sites for hydroxylation is 2. The maximum Gasteiger partial charge on any atom is 0.271 e. The number of aromatic nitrogens is 3. The van der Waals surface area contributed by atoms with Crippen LogP contribution in [0.5, 0.6) is 0 Å². The summed E-state index contributed by atoms with van der Waals surface area (Å²) in [6.45, 7) is 3.97. The van der Waals surface area contributed by atoms with Crippen LogP contribution in [0.2, 0.25) is 0 Å². The third kappa shape index (κ3) is 4.23. The molecule has 4 aromatic rings. The van der Waals surface area contributed by atoms with E-state index in [4.69, 9.17) is 12.2 Å². The molecule has 0 aliphatic carbocycles. The molecule has 2 N–H and O–H groups in total. The van der Waals surface area contributed by atoms with Gasteiger partial charge in [-0.05, 0) is 49.8 Å². The summed E-state index contributed by atoms with van der Waals surface area (Å²) in [6, 6.07) is 15.4. The van der Waals surface area contributed by atoms with E-state index in [1.165, 1.54) is 23.1 Å². The SMILES string of the molecule is Cc1ccc(NC(=O)CSc2nc3c(sc(=S)n3-c3ccccc3C)c(=O)[nH]2)cc1. The summed E-state index contributed by atoms with van der Waals surface area (Å²) in [5.41, 5.74) is 4.02. The number of rotatable bonds is 5. The summed E-state index contributed by atoms with van der Waals surface area (Å²) >= 11 is 7.91. The number of para-hydroxylation sites is 1. The standard InChI is InChI=1S/C21H18N4O2S3/c1-12-7-9-14(10-8-12)22-16(26)11-29-20-23-18-17(19(27)24-20)30-21(28)25(18)15-6-4-3-5-13(15)2/h3-10H,11H2,1-2H3,(H,22,26)(H,23,24,27). The van der Waals surface area contributed by atoms with Gasteiger partial charge in [-0.2, -0.15) is 0 Å². The van der Waals surface area contributed by atoms with Gasteiger partial charge in [0.15, 0.2) is 14.8 Å². The zero-order valence-corrected chi connectivity index (χ0v) is 18.7. The molecule has 0 aliphatic heterocycles. The summed E-state index contributed by atoms with van der Waals surface area (Å²) in [5.74, 6) is -0.0509. The predicted molar refractivity (Wildman–Crippen MR) is 126 cm³/mol. The van der Waals surface area contributed by atoms with Crippen molar-refractivity contribution in [2.45, 2.75) is 19.0 Å². The number of carbonyl (C=O) groups excluding carboxylic acids is 1. The first-order valence-electron chi connectivity index (χ1n) is 9.13. The fourth-order valence-electron chi connectivity index (χ4n) is 2.96. The highest BCUT2D eigenvalue weighted by molar-refractivity contribution is 7.99. The van der Waals surface area contributed by atoms with Gasteiger partial charge in [0.05, 0.1) is 11.4 Å². The van der Waals surface area contributed by atoms with E-state index in [9.17, 15) is 9.59 Å². The topological polar surface area (TPSA) is 79.8 Å². The minimum atomic E-state index is -0.259. The van der Waals surface area contributed by atoms with Gasteiger partial charge in [-0.1, -0.05) is 59.0 Å². The molecule has 0 unspecified atom stereocenters. The maximum absolute atomic E-state index is 12.6. The lowest BCUT2D eigenvalue weighted by molar-refractivity contribution is -0.113. The molecule has 2 heterocycles. The van der Waals surface area contributed by atoms with E-state index in [0.29, 0.717) is 19.5 Å². The molecule has 0 fully saturated rings. The Morgan fingerprint density at radius 1 is 1.20 bits per heavy atom. The number of anilines is 1. The number of benzene rings is 2. The van der Waals surface area contributed by atoms with Gasteiger partial charge in [0.25, 0.3) is 5.56 Å². The maximum atomic E-state index is 12.6. The van der Waals surface area contributed by atoms with Crippen molar-refractivity contribution in [1.82, 2.24) is 14.5 Å². The highest BCUT2D eigenvalue weighted by Gasteiger charge is 2.15. The number of aromatic amines is 1. The second kappa shape index (κ2) is 8.55. The van der Waals surface area contributed by atoms with Gasteiger partial charge in [0.2, 0.25) is 5.91 Å². The third-order valence-electron chi connectivity index (χ3n) is 4.45. The molecule has 0 spiro atoms. The Hall–Kier alpha value is -2.75. The first-order valence-corrected chi connectivity index (χ1v) is 11.3. The lowest BCUT2D eigenvalue weighted by Gasteiger charge is -2.08. The molecular weight excluding hydrogens is 436 g/mol. The Bertz CT molecular complexity index is 1350. The molecule has 2 aromatic carbocycles. The highest BCUT2D eigenvalue weighted by Crippen LogP contribution is 2.26. The van der Waals surface area contributed by atoms with E-state index in [-0.39, 0.29) is 17.2 Å². The molecule has 6 nitrogen and oxygen atoms in total. The summed E-state index contributed by atoms with van der Waals surface area (Å²) < 4.78 is 2.84. The second-order valence-corrected chi connectivity index (χ2v) is 9.32. The fraction of sp³-hybridized carbons (Fsp3) is 0.143. The minimum absolute atomic E-state index is 0.123. The number of H-pyrrole nitrogens is 1. The number of amides is 1. The Labute approximate surface area is 186 Å². The second-order valence-electron chi connectivity index (χ2n) is 6.72. The molecule has 9 heteroatoms. The number of nitrogens with zero attached hydrogens (tertiary/aromatic N) is 2. The predicted octanol–water partition coefficient (Wildman–Crippen LogP) is 4.85. The van der Waals surface area contributed by atoms with E-state index >= 15 is 0 Å². The van der Waals surface area contributed by atoms with Crippen molar-refractivity contribution in [2.75, 3.05) is 11.1 Å². The van der Waals surface area contributed by atoms with E-state index < -0.39 is 0 Å². The Morgan fingerprint density at radius 3 is 2.67 bits per heavy atom. The van der Waals surface area contributed by atoms with Crippen molar-refractivity contribution < 1.29 is 4.79 Å². The van der Waals surface area contributed by atoms with Crippen molar-refractivity contribution in [3.8, 4) is 5.69 Å². The molecule has 30 heavy (non-hydrogen) atoms. The molecule has 4 rings (SSSR count). The van der Waals surface area contributed by atoms with Crippen molar-refractivity contribution in [1.29, 1.82) is 0 Å². The number of thiazole rings is 1. The molecule has 0 bridgehead atoms. The zero-order valence-electron chi connectivity index (χ0n) is 16.3. The van der Waals surface area contributed by atoms with E-state index in [0.717, 1.165) is 22.5 Å². The first-order chi connectivity index (χ1) is 14.4. The van der Waals surface area contributed by atoms with Crippen molar-refractivity contribution in [2.24, 2.45) is 0 Å². The normalized spacial score (nSPS) is 11.0. The summed E-state index contributed by atoms with van der Waals surface area (Å²) in [5, 5.41) is 3.22. The van der Waals surface area contributed by atoms with E-state index in [1.807, 2.05) is 66.9 Å². The molecule has 0 radical (unpaired) electrons. The monoisotopic (exact) mass is 454 g/mol. The number of hydrogen-bond donors (Lipinski definition) is 2. The van der Waals surface area contributed by atoms with Crippen molar-refractivity contribution in [3.63, 3.8) is 0 Å². The lowest BCUT2D eigenvalue weighted by Crippen LogP contribution is -2.15. The van der Waals surface area contributed by atoms with Crippen LogP contribution in [0.25, 0.3) is 16.0 Å². The molecule has 152 valence electrons. The smallest absolute Gasteiger partial charge is 0.271 e. The summed E-state index contributed by atoms with van der Waals surface area (Å²) in [4.78, 5) is 32.2. The largest absolute Gasteiger partial charge is 0.325 e. The Balaban J connectivity index is 1.61. The van der Waals surface area contributed by atoms with Crippen molar-refractivity contribution >= 4 is 57.3 Å².